The Morgan fingerprint density at radius 3 is 1.09 bits per heavy atom. The first-order valence-corrected chi connectivity index (χ1v) is 20.1. The highest BCUT2D eigenvalue weighted by Crippen LogP contribution is 2.62. The molecule has 0 saturated carbocycles. The van der Waals surface area contributed by atoms with E-state index in [-0.39, 0.29) is 5.41 Å². The lowest BCUT2D eigenvalue weighted by molar-refractivity contribution is 0.468. The van der Waals surface area contributed by atoms with Crippen LogP contribution in [0.4, 0.5) is 17.1 Å². The van der Waals surface area contributed by atoms with Gasteiger partial charge >= 0.3 is 0 Å². The minimum Gasteiger partial charge on any atom is -0.452 e. The van der Waals surface area contributed by atoms with E-state index in [0.717, 1.165) is 11.5 Å². The van der Waals surface area contributed by atoms with Gasteiger partial charge in [-0.1, -0.05) is 13.8 Å². The van der Waals surface area contributed by atoms with E-state index >= 15 is 0 Å². The Morgan fingerprint density at radius 2 is 0.574 bits per heavy atom. The fourth-order valence-corrected chi connectivity index (χ4v) is 10.9. The molecule has 0 fully saturated rings. The summed E-state index contributed by atoms with van der Waals surface area (Å²) in [5, 5.41) is 0. The van der Waals surface area contributed by atoms with E-state index in [1.54, 1.807) is 0 Å². The second-order valence-corrected chi connectivity index (χ2v) is 17.9. The molecule has 5 aromatic carbocycles. The number of fused-ring (bicyclic) bond motifs is 5. The van der Waals surface area contributed by atoms with Crippen molar-refractivity contribution in [2.75, 3.05) is 4.90 Å². The normalized spacial score (nSPS) is 13.9. The Balaban J connectivity index is 1.62. The highest BCUT2D eigenvalue weighted by molar-refractivity contribution is 5.99. The molecule has 2 nitrogen and oxygen atoms in total. The fourth-order valence-electron chi connectivity index (χ4n) is 10.9. The lowest BCUT2D eigenvalue weighted by atomic mass is 9.74. The lowest BCUT2D eigenvalue weighted by Gasteiger charge is -2.41. The van der Waals surface area contributed by atoms with E-state index in [0.29, 0.717) is 0 Å². The molecule has 2 aliphatic rings. The van der Waals surface area contributed by atoms with Gasteiger partial charge in [0.15, 0.2) is 11.5 Å². The van der Waals surface area contributed by atoms with Crippen LogP contribution in [0.2, 0.25) is 0 Å². The number of ether oxygens (including phenoxy) is 1. The quantitative estimate of drug-likeness (QED) is 0.177. The van der Waals surface area contributed by atoms with E-state index in [9.17, 15) is 0 Å². The van der Waals surface area contributed by atoms with Gasteiger partial charge in [-0.15, -0.1) is 0 Å². The Hall–Kier alpha value is -4.30. The third-order valence-electron chi connectivity index (χ3n) is 15.4. The van der Waals surface area contributed by atoms with Crippen LogP contribution < -0.4 is 9.64 Å². The van der Waals surface area contributed by atoms with Gasteiger partial charge in [0, 0.05) is 11.0 Å². The van der Waals surface area contributed by atoms with Gasteiger partial charge in [-0.25, -0.2) is 0 Å². The molecule has 1 aliphatic heterocycles. The van der Waals surface area contributed by atoms with Crippen molar-refractivity contribution in [2.24, 2.45) is 0 Å². The predicted molar refractivity (Wildman–Crippen MR) is 234 cm³/mol. The van der Waals surface area contributed by atoms with Crippen LogP contribution in [0, 0.1) is 132 Å². The highest BCUT2D eigenvalue weighted by atomic mass is 16.5. The number of hydrogen-bond acceptors (Lipinski definition) is 2. The molecule has 5 aromatic rings. The van der Waals surface area contributed by atoms with Crippen molar-refractivity contribution in [1.29, 1.82) is 0 Å². The summed E-state index contributed by atoms with van der Waals surface area (Å²) in [5.41, 5.74) is 37.8. The van der Waals surface area contributed by atoms with Crippen LogP contribution in [0.5, 0.6) is 11.5 Å². The van der Waals surface area contributed by atoms with Crippen LogP contribution in [0.25, 0.3) is 22.3 Å². The second-order valence-electron chi connectivity index (χ2n) is 17.9. The summed E-state index contributed by atoms with van der Waals surface area (Å²) < 4.78 is 7.38. The van der Waals surface area contributed by atoms with Crippen LogP contribution in [0.1, 0.15) is 131 Å². The summed E-state index contributed by atoms with van der Waals surface area (Å²) in [6, 6.07) is 0. The monoisotopic (exact) mass is 717 g/mol. The molecule has 0 radical (unpaired) electrons. The summed E-state index contributed by atoms with van der Waals surface area (Å²) in [5.74, 6) is 1.97. The van der Waals surface area contributed by atoms with Crippen molar-refractivity contribution in [3.05, 3.63) is 117 Å². The molecule has 0 bridgehead atoms. The molecule has 0 saturated heterocycles. The fraction of sp³-hybridized carbons (Fsp3) is 0.423. The summed E-state index contributed by atoms with van der Waals surface area (Å²) in [4.78, 5) is 2.61. The highest BCUT2D eigenvalue weighted by Gasteiger charge is 2.43. The number of rotatable bonds is 2. The molecular formula is C52H63NO. The lowest BCUT2D eigenvalue weighted by Crippen LogP contribution is -2.24. The minimum atomic E-state index is -0.118. The van der Waals surface area contributed by atoms with Crippen LogP contribution in [-0.2, 0) is 5.41 Å². The molecule has 0 unspecified atom stereocenters. The van der Waals surface area contributed by atoms with Gasteiger partial charge in [0.05, 0.1) is 17.1 Å². The third kappa shape index (κ3) is 4.52. The maximum Gasteiger partial charge on any atom is 0.155 e. The Morgan fingerprint density at radius 1 is 0.278 bits per heavy atom. The minimum absolute atomic E-state index is 0.118. The van der Waals surface area contributed by atoms with Gasteiger partial charge in [-0.05, 0) is 265 Å². The van der Waals surface area contributed by atoms with Gasteiger partial charge in [0.2, 0.25) is 0 Å². The summed E-state index contributed by atoms with van der Waals surface area (Å²) in [7, 11) is 0. The number of hydrogen-bond donors (Lipinski definition) is 0. The molecule has 1 heterocycles. The van der Waals surface area contributed by atoms with E-state index in [4.69, 9.17) is 4.74 Å². The molecule has 0 spiro atoms. The van der Waals surface area contributed by atoms with Gasteiger partial charge in [0.25, 0.3) is 0 Å². The maximum atomic E-state index is 7.38. The van der Waals surface area contributed by atoms with Crippen molar-refractivity contribution < 1.29 is 4.74 Å². The van der Waals surface area contributed by atoms with Crippen molar-refractivity contribution in [3.63, 3.8) is 0 Å². The van der Waals surface area contributed by atoms with Crippen LogP contribution in [0.15, 0.2) is 0 Å². The van der Waals surface area contributed by atoms with E-state index < -0.39 is 0 Å². The van der Waals surface area contributed by atoms with Crippen molar-refractivity contribution in [1.82, 2.24) is 0 Å². The van der Waals surface area contributed by atoms with Gasteiger partial charge in [-0.2, -0.15) is 0 Å². The summed E-state index contributed by atoms with van der Waals surface area (Å²) >= 11 is 0. The standard InChI is InChI=1S/C52H63NO/c1-22-25(4)34(13)47(35(14)26(22)5)53-48-36(15)27(6)28(7)38(17)50(48)54-51-40(19)42(32(11)37(16)49(51)53)41-30(9)31(10)44-43-29(8)23(2)24(3)33(12)45(43)52(20,21)46(44)39(41)18/h1-21H3. The smallest absolute Gasteiger partial charge is 0.155 e. The predicted octanol–water partition coefficient (Wildman–Crippen LogP) is 15.1. The molecule has 7 rings (SSSR count). The Bertz CT molecular complexity index is 2510. The first kappa shape index (κ1) is 38.0. The molecule has 1 aliphatic carbocycles. The van der Waals surface area contributed by atoms with Gasteiger partial charge in [-0.3, -0.25) is 0 Å². The molecule has 54 heavy (non-hydrogen) atoms. The first-order valence-electron chi connectivity index (χ1n) is 20.1. The van der Waals surface area contributed by atoms with Crippen molar-refractivity contribution >= 4 is 17.1 Å². The van der Waals surface area contributed by atoms with E-state index in [1.165, 1.54) is 156 Å². The largest absolute Gasteiger partial charge is 0.452 e. The Kier molecular flexibility index (Phi) is 8.51. The molecule has 0 amide bonds. The van der Waals surface area contributed by atoms with Crippen molar-refractivity contribution in [3.8, 4) is 33.8 Å². The zero-order valence-corrected chi connectivity index (χ0v) is 37.4. The maximum absolute atomic E-state index is 7.38. The Labute approximate surface area is 327 Å². The van der Waals surface area contributed by atoms with Crippen LogP contribution in [0.3, 0.4) is 0 Å². The van der Waals surface area contributed by atoms with Gasteiger partial charge < -0.3 is 9.64 Å². The van der Waals surface area contributed by atoms with Gasteiger partial charge in [0.1, 0.15) is 0 Å². The number of benzene rings is 5. The molecule has 0 aromatic heterocycles. The summed E-state index contributed by atoms with van der Waals surface area (Å²) in [6.45, 7) is 49.0. The molecule has 0 atom stereocenters. The SMILES string of the molecule is Cc1c(C)c(C)c(N2c3c(C)c(C)c(C)c(C)c3Oc3c(C)c(-c4c(C)c(C)c5c(c4C)C(C)(C)c4c(C)c(C)c(C)c(C)c4-5)c(C)c(C)c32)c(C)c1C. The zero-order valence-electron chi connectivity index (χ0n) is 37.4. The van der Waals surface area contributed by atoms with Crippen LogP contribution in [-0.4, -0.2) is 0 Å². The molecule has 2 heteroatoms. The van der Waals surface area contributed by atoms with Crippen molar-refractivity contribution in [2.45, 2.75) is 151 Å². The molecular weight excluding hydrogens is 655 g/mol. The molecule has 0 N–H and O–H groups in total. The number of nitrogens with zero attached hydrogens (tertiary/aromatic N) is 1. The third-order valence-corrected chi connectivity index (χ3v) is 15.4. The first-order chi connectivity index (χ1) is 25.0. The molecule has 282 valence electrons. The summed E-state index contributed by atoms with van der Waals surface area (Å²) in [6.07, 6.45) is 0. The van der Waals surface area contributed by atoms with E-state index in [2.05, 4.69) is 150 Å². The average Bonchev–Trinajstić information content (AvgIpc) is 3.39. The number of anilines is 3. The second kappa shape index (κ2) is 12.1. The average molecular weight is 718 g/mol. The van der Waals surface area contributed by atoms with Crippen LogP contribution >= 0.6 is 0 Å². The zero-order chi connectivity index (χ0) is 40.1. The van der Waals surface area contributed by atoms with E-state index in [1.807, 2.05) is 0 Å². The topological polar surface area (TPSA) is 12.5 Å².